The minimum absolute atomic E-state index is 0.121. The number of allylic oxidation sites excluding steroid dienone is 1. The zero-order chi connectivity index (χ0) is 12.3. The summed E-state index contributed by atoms with van der Waals surface area (Å²) in [5.74, 6) is 0.299. The number of hydrogen-bond donors (Lipinski definition) is 0. The van der Waals surface area contributed by atoms with Crippen LogP contribution in [0.4, 0.5) is 4.39 Å². The molecule has 0 heterocycles. The van der Waals surface area contributed by atoms with Crippen LogP contribution in [0.2, 0.25) is 0 Å². The lowest BCUT2D eigenvalue weighted by molar-refractivity contribution is -0.144. The quantitative estimate of drug-likeness (QED) is 0.691. The first-order chi connectivity index (χ1) is 7.41. The van der Waals surface area contributed by atoms with Crippen LogP contribution in [-0.4, -0.2) is 13.1 Å². The van der Waals surface area contributed by atoms with Crippen molar-refractivity contribution in [2.45, 2.75) is 39.5 Å². The van der Waals surface area contributed by atoms with Gasteiger partial charge in [-0.15, -0.1) is 0 Å². The largest absolute Gasteiger partial charge is 0.469 e. The second kappa shape index (κ2) is 4.98. The van der Waals surface area contributed by atoms with Crippen LogP contribution in [-0.2, 0) is 9.53 Å². The number of methoxy groups -OCH3 is 1. The molecule has 3 atom stereocenters. The standard InChI is InChI=1S/C13H21FO2/c1-9-5-6-13(11(3)14,7-10(9)2)8-12(15)16-4/h9-10H,3,5-8H2,1-2,4H3. The summed E-state index contributed by atoms with van der Waals surface area (Å²) in [5, 5.41) is 0. The highest BCUT2D eigenvalue weighted by Gasteiger charge is 2.42. The molecular formula is C13H21FO2. The zero-order valence-corrected chi connectivity index (χ0v) is 10.4. The maximum Gasteiger partial charge on any atom is 0.306 e. The Morgan fingerprint density at radius 1 is 1.50 bits per heavy atom. The van der Waals surface area contributed by atoms with E-state index in [1.54, 1.807) is 0 Å². The van der Waals surface area contributed by atoms with Crippen LogP contribution in [0.3, 0.4) is 0 Å². The second-order valence-electron chi connectivity index (χ2n) is 5.14. The van der Waals surface area contributed by atoms with Crippen LogP contribution >= 0.6 is 0 Å². The molecule has 0 aromatic heterocycles. The van der Waals surface area contributed by atoms with E-state index in [9.17, 15) is 9.18 Å². The van der Waals surface area contributed by atoms with Crippen molar-refractivity contribution in [2.24, 2.45) is 17.3 Å². The minimum atomic E-state index is -0.682. The van der Waals surface area contributed by atoms with Gasteiger partial charge in [-0.3, -0.25) is 4.79 Å². The molecule has 0 bridgehead atoms. The van der Waals surface area contributed by atoms with Crippen molar-refractivity contribution in [1.82, 2.24) is 0 Å². The van der Waals surface area contributed by atoms with Gasteiger partial charge in [0.05, 0.1) is 19.4 Å². The maximum atomic E-state index is 13.6. The number of carbonyl (C=O) groups excluding carboxylic acids is 1. The monoisotopic (exact) mass is 228 g/mol. The molecule has 1 fully saturated rings. The van der Waals surface area contributed by atoms with Crippen LogP contribution < -0.4 is 0 Å². The van der Waals surface area contributed by atoms with E-state index in [1.807, 2.05) is 0 Å². The molecule has 2 nitrogen and oxygen atoms in total. The fourth-order valence-electron chi connectivity index (χ4n) is 2.56. The van der Waals surface area contributed by atoms with Gasteiger partial charge >= 0.3 is 5.97 Å². The summed E-state index contributed by atoms with van der Waals surface area (Å²) >= 11 is 0. The van der Waals surface area contributed by atoms with Gasteiger partial charge in [0.1, 0.15) is 0 Å². The molecule has 0 N–H and O–H groups in total. The summed E-state index contributed by atoms with van der Waals surface area (Å²) in [6, 6.07) is 0. The van der Waals surface area contributed by atoms with E-state index in [2.05, 4.69) is 25.2 Å². The SMILES string of the molecule is C=C(F)C1(CC(=O)OC)CCC(C)C(C)C1. The van der Waals surface area contributed by atoms with E-state index in [-0.39, 0.29) is 18.2 Å². The van der Waals surface area contributed by atoms with Gasteiger partial charge in [0.2, 0.25) is 0 Å². The first-order valence-corrected chi connectivity index (χ1v) is 5.83. The third-order valence-corrected chi connectivity index (χ3v) is 4.05. The molecule has 0 aromatic carbocycles. The summed E-state index contributed by atoms with van der Waals surface area (Å²) in [6.07, 6.45) is 2.46. The van der Waals surface area contributed by atoms with Crippen molar-refractivity contribution >= 4 is 5.97 Å². The lowest BCUT2D eigenvalue weighted by atomic mass is 9.64. The summed E-state index contributed by atoms with van der Waals surface area (Å²) in [6.45, 7) is 7.71. The highest BCUT2D eigenvalue weighted by atomic mass is 19.1. The normalized spacial score (nSPS) is 34.5. The Balaban J connectivity index is 2.82. The van der Waals surface area contributed by atoms with Gasteiger partial charge in [-0.25, -0.2) is 4.39 Å². The number of esters is 1. The molecule has 0 saturated heterocycles. The van der Waals surface area contributed by atoms with E-state index in [1.165, 1.54) is 7.11 Å². The number of halogens is 1. The van der Waals surface area contributed by atoms with Crippen LogP contribution in [0.15, 0.2) is 12.4 Å². The molecule has 1 aliphatic rings. The second-order valence-corrected chi connectivity index (χ2v) is 5.14. The lowest BCUT2D eigenvalue weighted by Gasteiger charge is -2.41. The molecule has 16 heavy (non-hydrogen) atoms. The van der Waals surface area contributed by atoms with Gasteiger partial charge in [-0.05, 0) is 31.1 Å². The van der Waals surface area contributed by atoms with Gasteiger partial charge in [0, 0.05) is 5.41 Å². The molecule has 1 rings (SSSR count). The van der Waals surface area contributed by atoms with Crippen molar-refractivity contribution in [3.05, 3.63) is 12.4 Å². The van der Waals surface area contributed by atoms with E-state index >= 15 is 0 Å². The van der Waals surface area contributed by atoms with Gasteiger partial charge in [0.15, 0.2) is 0 Å². The lowest BCUT2D eigenvalue weighted by Crippen LogP contribution is -2.34. The van der Waals surface area contributed by atoms with Gasteiger partial charge in [0.25, 0.3) is 0 Å². The molecule has 1 saturated carbocycles. The molecular weight excluding hydrogens is 207 g/mol. The van der Waals surface area contributed by atoms with E-state index in [0.29, 0.717) is 24.7 Å². The fourth-order valence-corrected chi connectivity index (χ4v) is 2.56. The average Bonchev–Trinajstić information content (AvgIpc) is 2.23. The summed E-state index contributed by atoms with van der Waals surface area (Å²) in [7, 11) is 1.34. The highest BCUT2D eigenvalue weighted by molar-refractivity contribution is 5.70. The number of carbonyl (C=O) groups is 1. The maximum absolute atomic E-state index is 13.6. The molecule has 0 aliphatic heterocycles. The molecule has 0 aromatic rings. The van der Waals surface area contributed by atoms with Gasteiger partial charge < -0.3 is 4.74 Å². The number of ether oxygens (including phenoxy) is 1. The minimum Gasteiger partial charge on any atom is -0.469 e. The molecule has 3 heteroatoms. The van der Waals surface area contributed by atoms with Crippen molar-refractivity contribution < 1.29 is 13.9 Å². The Morgan fingerprint density at radius 3 is 2.56 bits per heavy atom. The molecule has 1 aliphatic carbocycles. The molecule has 0 amide bonds. The fraction of sp³-hybridized carbons (Fsp3) is 0.769. The van der Waals surface area contributed by atoms with Crippen molar-refractivity contribution in [3.63, 3.8) is 0 Å². The van der Waals surface area contributed by atoms with E-state index in [4.69, 9.17) is 0 Å². The van der Waals surface area contributed by atoms with Crippen LogP contribution in [0, 0.1) is 17.3 Å². The number of rotatable bonds is 3. The first kappa shape index (κ1) is 13.2. The smallest absolute Gasteiger partial charge is 0.306 e. The molecule has 3 unspecified atom stereocenters. The van der Waals surface area contributed by atoms with Crippen molar-refractivity contribution in [2.75, 3.05) is 7.11 Å². The van der Waals surface area contributed by atoms with Gasteiger partial charge in [-0.2, -0.15) is 0 Å². The molecule has 0 radical (unpaired) electrons. The summed E-state index contributed by atoms with van der Waals surface area (Å²) in [5.41, 5.74) is -0.682. The van der Waals surface area contributed by atoms with E-state index in [0.717, 1.165) is 6.42 Å². The van der Waals surface area contributed by atoms with Crippen molar-refractivity contribution in [3.8, 4) is 0 Å². The average molecular weight is 228 g/mol. The third kappa shape index (κ3) is 2.63. The topological polar surface area (TPSA) is 26.3 Å². The first-order valence-electron chi connectivity index (χ1n) is 5.83. The van der Waals surface area contributed by atoms with Crippen LogP contribution in [0.5, 0.6) is 0 Å². The Labute approximate surface area is 96.9 Å². The predicted octanol–water partition coefficient (Wildman–Crippen LogP) is 3.48. The van der Waals surface area contributed by atoms with Crippen LogP contribution in [0.1, 0.15) is 39.5 Å². The van der Waals surface area contributed by atoms with Crippen molar-refractivity contribution in [1.29, 1.82) is 0 Å². The summed E-state index contributed by atoms with van der Waals surface area (Å²) in [4.78, 5) is 11.3. The number of hydrogen-bond acceptors (Lipinski definition) is 2. The Bertz CT molecular complexity index is 288. The Hall–Kier alpha value is -0.860. The molecule has 92 valence electrons. The zero-order valence-electron chi connectivity index (χ0n) is 10.4. The third-order valence-electron chi connectivity index (χ3n) is 4.05. The van der Waals surface area contributed by atoms with Crippen LogP contribution in [0.25, 0.3) is 0 Å². The predicted molar refractivity (Wildman–Crippen MR) is 61.5 cm³/mol. The van der Waals surface area contributed by atoms with Gasteiger partial charge in [-0.1, -0.05) is 20.4 Å². The Morgan fingerprint density at radius 2 is 2.12 bits per heavy atom. The highest BCUT2D eigenvalue weighted by Crippen LogP contribution is 2.49. The Kier molecular flexibility index (Phi) is 4.11. The molecule has 0 spiro atoms. The summed E-state index contributed by atoms with van der Waals surface area (Å²) < 4.78 is 18.3. The van der Waals surface area contributed by atoms with E-state index < -0.39 is 5.41 Å².